The number of esters is 1. The van der Waals surface area contributed by atoms with Crippen LogP contribution in [0.1, 0.15) is 12.8 Å². The van der Waals surface area contributed by atoms with Gasteiger partial charge in [-0.15, -0.1) is 0 Å². The van der Waals surface area contributed by atoms with Crippen LogP contribution in [0.15, 0.2) is 0 Å². The largest absolute Gasteiger partial charge is 0.468 e. The molecule has 0 heterocycles. The van der Waals surface area contributed by atoms with E-state index in [2.05, 4.69) is 4.74 Å². The maximum absolute atomic E-state index is 10.8. The monoisotopic (exact) mass is 189 g/mol. The van der Waals surface area contributed by atoms with Crippen molar-refractivity contribution in [3.05, 3.63) is 0 Å². The van der Waals surface area contributed by atoms with E-state index in [0.29, 0.717) is 6.54 Å². The van der Waals surface area contributed by atoms with Gasteiger partial charge in [0.25, 0.3) is 0 Å². The molecule has 0 aliphatic carbocycles. The van der Waals surface area contributed by atoms with Gasteiger partial charge in [0.05, 0.1) is 13.7 Å². The van der Waals surface area contributed by atoms with E-state index >= 15 is 0 Å². The molecule has 4 heteroatoms. The van der Waals surface area contributed by atoms with Crippen LogP contribution < -0.4 is 0 Å². The summed E-state index contributed by atoms with van der Waals surface area (Å²) in [6, 6.07) is 0. The maximum Gasteiger partial charge on any atom is 0.319 e. The fraction of sp³-hybridized carbons (Fsp3) is 0.889. The summed E-state index contributed by atoms with van der Waals surface area (Å²) in [6.45, 7) is 2.05. The van der Waals surface area contributed by atoms with Crippen LogP contribution in [0.3, 0.4) is 0 Å². The summed E-state index contributed by atoms with van der Waals surface area (Å²) >= 11 is 0. The summed E-state index contributed by atoms with van der Waals surface area (Å²) in [6.07, 6.45) is 2.07. The number of rotatable bonds is 7. The Morgan fingerprint density at radius 2 is 2.00 bits per heavy atom. The van der Waals surface area contributed by atoms with Gasteiger partial charge in [-0.1, -0.05) is 0 Å². The normalized spacial score (nSPS) is 10.5. The lowest BCUT2D eigenvalue weighted by Gasteiger charge is -2.14. The first-order valence-electron chi connectivity index (χ1n) is 4.45. The molecule has 0 fully saturated rings. The van der Waals surface area contributed by atoms with Crippen LogP contribution in [0.25, 0.3) is 0 Å². The summed E-state index contributed by atoms with van der Waals surface area (Å²) in [5.41, 5.74) is 0. The molecule has 0 bridgehead atoms. The highest BCUT2D eigenvalue weighted by Gasteiger charge is 2.04. The number of hydrogen-bond donors (Lipinski definition) is 0. The van der Waals surface area contributed by atoms with Gasteiger partial charge in [0.2, 0.25) is 0 Å². The van der Waals surface area contributed by atoms with Gasteiger partial charge in [0.15, 0.2) is 0 Å². The predicted molar refractivity (Wildman–Crippen MR) is 50.6 cm³/mol. The van der Waals surface area contributed by atoms with E-state index in [4.69, 9.17) is 4.74 Å². The third kappa shape index (κ3) is 7.74. The number of likely N-dealkylation sites (N-methyl/N-ethyl adjacent to an activating group) is 1. The first-order chi connectivity index (χ1) is 6.20. The zero-order chi connectivity index (χ0) is 10.1. The number of nitrogens with zero attached hydrogens (tertiary/aromatic N) is 1. The van der Waals surface area contributed by atoms with E-state index in [1.165, 1.54) is 7.11 Å². The molecule has 0 saturated carbocycles. The van der Waals surface area contributed by atoms with Gasteiger partial charge in [-0.25, -0.2) is 0 Å². The van der Waals surface area contributed by atoms with Crippen molar-refractivity contribution in [3.63, 3.8) is 0 Å². The third-order valence-electron chi connectivity index (χ3n) is 1.76. The Balaban J connectivity index is 3.29. The number of ether oxygens (including phenoxy) is 2. The van der Waals surface area contributed by atoms with Gasteiger partial charge in [-0.2, -0.15) is 0 Å². The van der Waals surface area contributed by atoms with Gasteiger partial charge in [0.1, 0.15) is 0 Å². The van der Waals surface area contributed by atoms with E-state index < -0.39 is 0 Å². The van der Waals surface area contributed by atoms with Crippen molar-refractivity contribution in [2.45, 2.75) is 12.8 Å². The van der Waals surface area contributed by atoms with Crippen LogP contribution >= 0.6 is 0 Å². The molecule has 0 unspecified atom stereocenters. The number of carbonyl (C=O) groups is 1. The summed E-state index contributed by atoms with van der Waals surface area (Å²) < 4.78 is 9.46. The summed E-state index contributed by atoms with van der Waals surface area (Å²) in [7, 11) is 5.00. The Bertz CT molecular complexity index is 139. The molecule has 0 saturated heterocycles. The van der Waals surface area contributed by atoms with Gasteiger partial charge in [-0.3, -0.25) is 9.69 Å². The minimum absolute atomic E-state index is 0.186. The lowest BCUT2D eigenvalue weighted by molar-refractivity contribution is -0.141. The van der Waals surface area contributed by atoms with Crippen molar-refractivity contribution >= 4 is 5.97 Å². The van der Waals surface area contributed by atoms with Gasteiger partial charge < -0.3 is 9.47 Å². The second-order valence-corrected chi connectivity index (χ2v) is 3.01. The molecule has 4 nitrogen and oxygen atoms in total. The number of carbonyl (C=O) groups excluding carboxylic acids is 1. The summed E-state index contributed by atoms with van der Waals surface area (Å²) in [4.78, 5) is 12.8. The third-order valence-corrected chi connectivity index (χ3v) is 1.76. The molecule has 0 radical (unpaired) electrons. The van der Waals surface area contributed by atoms with E-state index in [1.54, 1.807) is 7.11 Å². The number of unbranched alkanes of at least 4 members (excludes halogenated alkanes) is 1. The topological polar surface area (TPSA) is 38.8 Å². The van der Waals surface area contributed by atoms with Crippen molar-refractivity contribution in [1.29, 1.82) is 0 Å². The predicted octanol–water partition coefficient (Wildman–Crippen LogP) is 0.518. The van der Waals surface area contributed by atoms with Crippen molar-refractivity contribution in [2.24, 2.45) is 0 Å². The molecule has 0 rings (SSSR count). The first kappa shape index (κ1) is 12.4. The second kappa shape index (κ2) is 8.01. The quantitative estimate of drug-likeness (QED) is 0.432. The summed E-state index contributed by atoms with van der Waals surface area (Å²) in [5, 5.41) is 0. The molecule has 0 aliphatic rings. The lowest BCUT2D eigenvalue weighted by atomic mass is 10.3. The second-order valence-electron chi connectivity index (χ2n) is 3.01. The standard InChI is InChI=1S/C9H19NO3/c1-10(8-9(11)13-3)6-4-5-7-12-2/h4-8H2,1-3H3. The molecule has 0 N–H and O–H groups in total. The van der Waals surface area contributed by atoms with E-state index in [-0.39, 0.29) is 5.97 Å². The van der Waals surface area contributed by atoms with Crippen LogP contribution in [0.5, 0.6) is 0 Å². The molecule has 0 amide bonds. The Morgan fingerprint density at radius 3 is 2.54 bits per heavy atom. The summed E-state index contributed by atoms with van der Waals surface area (Å²) in [5.74, 6) is -0.186. The molecular weight excluding hydrogens is 170 g/mol. The Kier molecular flexibility index (Phi) is 7.63. The van der Waals surface area contributed by atoms with Crippen LogP contribution in [0, 0.1) is 0 Å². The highest BCUT2D eigenvalue weighted by Crippen LogP contribution is 1.93. The lowest BCUT2D eigenvalue weighted by Crippen LogP contribution is -2.27. The van der Waals surface area contributed by atoms with Gasteiger partial charge in [0, 0.05) is 13.7 Å². The molecule has 0 aromatic heterocycles. The Labute approximate surface area is 79.8 Å². The van der Waals surface area contributed by atoms with Crippen LogP contribution in [0.2, 0.25) is 0 Å². The average molecular weight is 189 g/mol. The maximum atomic E-state index is 10.8. The zero-order valence-corrected chi connectivity index (χ0v) is 8.71. The van der Waals surface area contributed by atoms with Crippen LogP contribution in [-0.4, -0.2) is 51.8 Å². The van der Waals surface area contributed by atoms with Crippen molar-refractivity contribution in [3.8, 4) is 0 Å². The van der Waals surface area contributed by atoms with Gasteiger partial charge >= 0.3 is 5.97 Å². The Morgan fingerprint density at radius 1 is 1.31 bits per heavy atom. The molecule has 0 aromatic rings. The van der Waals surface area contributed by atoms with Gasteiger partial charge in [-0.05, 0) is 26.4 Å². The molecular formula is C9H19NO3. The molecule has 0 spiro atoms. The van der Waals surface area contributed by atoms with Crippen molar-refractivity contribution in [1.82, 2.24) is 4.90 Å². The van der Waals surface area contributed by atoms with E-state index in [0.717, 1.165) is 26.0 Å². The molecule has 0 atom stereocenters. The van der Waals surface area contributed by atoms with E-state index in [1.807, 2.05) is 11.9 Å². The fourth-order valence-corrected chi connectivity index (χ4v) is 0.992. The zero-order valence-electron chi connectivity index (χ0n) is 8.71. The minimum Gasteiger partial charge on any atom is -0.468 e. The smallest absolute Gasteiger partial charge is 0.319 e. The first-order valence-corrected chi connectivity index (χ1v) is 4.45. The van der Waals surface area contributed by atoms with Crippen LogP contribution in [0.4, 0.5) is 0 Å². The highest BCUT2D eigenvalue weighted by molar-refractivity contribution is 5.71. The SMILES string of the molecule is COCCCCN(C)CC(=O)OC. The number of hydrogen-bond acceptors (Lipinski definition) is 4. The van der Waals surface area contributed by atoms with Crippen molar-refractivity contribution < 1.29 is 14.3 Å². The van der Waals surface area contributed by atoms with Crippen molar-refractivity contribution in [2.75, 3.05) is 41.0 Å². The molecule has 0 aliphatic heterocycles. The highest BCUT2D eigenvalue weighted by atomic mass is 16.5. The number of methoxy groups -OCH3 is 2. The van der Waals surface area contributed by atoms with E-state index in [9.17, 15) is 4.79 Å². The fourth-order valence-electron chi connectivity index (χ4n) is 0.992. The molecule has 0 aromatic carbocycles. The van der Waals surface area contributed by atoms with Crippen LogP contribution in [-0.2, 0) is 14.3 Å². The average Bonchev–Trinajstić information content (AvgIpc) is 2.12. The minimum atomic E-state index is -0.186. The molecule has 13 heavy (non-hydrogen) atoms. The molecule has 78 valence electrons. The Hall–Kier alpha value is -0.610.